The van der Waals surface area contributed by atoms with Gasteiger partial charge >= 0.3 is 0 Å². The molecule has 2 aliphatic rings. The highest BCUT2D eigenvalue weighted by molar-refractivity contribution is 9.10. The van der Waals surface area contributed by atoms with Crippen LogP contribution in [0, 0.1) is 0 Å². The molecule has 1 saturated carbocycles. The molecule has 0 unspecified atom stereocenters. The van der Waals surface area contributed by atoms with Crippen molar-refractivity contribution in [3.8, 4) is 0 Å². The van der Waals surface area contributed by atoms with Crippen LogP contribution in [-0.4, -0.2) is 38.0 Å². The van der Waals surface area contributed by atoms with Crippen molar-refractivity contribution < 1.29 is 0 Å². The van der Waals surface area contributed by atoms with E-state index >= 15 is 0 Å². The summed E-state index contributed by atoms with van der Waals surface area (Å²) in [5.41, 5.74) is 1.89. The topological polar surface area (TPSA) is 75.9 Å². The summed E-state index contributed by atoms with van der Waals surface area (Å²) in [5.74, 6) is 1.15. The van der Waals surface area contributed by atoms with E-state index in [1.807, 2.05) is 16.8 Å². The lowest BCUT2D eigenvalue weighted by Gasteiger charge is -2.19. The van der Waals surface area contributed by atoms with Gasteiger partial charge in [0.25, 0.3) is 5.56 Å². The molecule has 8 heteroatoms. The molecular weight excluding hydrogens is 444 g/mol. The highest BCUT2D eigenvalue weighted by atomic mass is 79.9. The quantitative estimate of drug-likeness (QED) is 0.603. The van der Waals surface area contributed by atoms with Gasteiger partial charge < -0.3 is 5.32 Å². The molecule has 0 aromatic carbocycles. The van der Waals surface area contributed by atoms with Gasteiger partial charge in [0.2, 0.25) is 5.95 Å². The average molecular weight is 469 g/mol. The fraction of sp³-hybridized carbons (Fsp3) is 0.455. The molecule has 1 aliphatic heterocycles. The Labute approximate surface area is 183 Å². The number of rotatable bonds is 4. The van der Waals surface area contributed by atoms with E-state index in [2.05, 4.69) is 49.2 Å². The van der Waals surface area contributed by atoms with Gasteiger partial charge in [-0.05, 0) is 72.9 Å². The highest BCUT2D eigenvalue weighted by Gasteiger charge is 2.23. The molecule has 7 nitrogen and oxygen atoms in total. The van der Waals surface area contributed by atoms with Crippen LogP contribution in [0.5, 0.6) is 0 Å². The number of pyridine rings is 2. The summed E-state index contributed by atoms with van der Waals surface area (Å²) in [4.78, 5) is 28.9. The van der Waals surface area contributed by atoms with Crippen LogP contribution in [0.15, 0.2) is 39.9 Å². The number of likely N-dealkylation sites (tertiary alicyclic amines) is 1. The first-order chi connectivity index (χ1) is 14.6. The van der Waals surface area contributed by atoms with Gasteiger partial charge in [-0.25, -0.2) is 9.97 Å². The van der Waals surface area contributed by atoms with Crippen LogP contribution < -0.4 is 10.9 Å². The SMILES string of the molecule is CN1CCC[C@@H]1c1ccc(Nc2ncc3cc(Br)c(=O)n(C4CCCC4)c3n2)nc1. The Morgan fingerprint density at radius 3 is 2.63 bits per heavy atom. The maximum atomic E-state index is 12.8. The van der Waals surface area contributed by atoms with E-state index in [4.69, 9.17) is 4.98 Å². The number of hydrogen-bond acceptors (Lipinski definition) is 6. The van der Waals surface area contributed by atoms with E-state index in [1.165, 1.54) is 18.4 Å². The predicted molar refractivity (Wildman–Crippen MR) is 121 cm³/mol. The van der Waals surface area contributed by atoms with Crippen molar-refractivity contribution in [3.05, 3.63) is 51.0 Å². The fourth-order valence-corrected chi connectivity index (χ4v) is 5.21. The first-order valence-electron chi connectivity index (χ1n) is 10.6. The zero-order valence-corrected chi connectivity index (χ0v) is 18.6. The third kappa shape index (κ3) is 3.63. The van der Waals surface area contributed by atoms with Gasteiger partial charge in [0.05, 0.1) is 4.47 Å². The molecule has 2 fully saturated rings. The molecule has 1 atom stereocenters. The normalized spacial score (nSPS) is 20.3. The number of nitrogens with one attached hydrogen (secondary N) is 1. The lowest BCUT2D eigenvalue weighted by molar-refractivity contribution is 0.317. The van der Waals surface area contributed by atoms with Crippen molar-refractivity contribution in [2.24, 2.45) is 0 Å². The summed E-state index contributed by atoms with van der Waals surface area (Å²) in [6, 6.07) is 6.54. The third-order valence-corrected chi connectivity index (χ3v) is 6.92. The molecular formula is C22H25BrN6O. The highest BCUT2D eigenvalue weighted by Crippen LogP contribution is 2.32. The summed E-state index contributed by atoms with van der Waals surface area (Å²) >= 11 is 3.41. The van der Waals surface area contributed by atoms with Crippen molar-refractivity contribution in [3.63, 3.8) is 0 Å². The molecule has 0 radical (unpaired) electrons. The second-order valence-electron chi connectivity index (χ2n) is 8.32. The third-order valence-electron chi connectivity index (χ3n) is 6.35. The molecule has 3 aromatic rings. The van der Waals surface area contributed by atoms with Crippen LogP contribution in [-0.2, 0) is 0 Å². The van der Waals surface area contributed by atoms with Crippen molar-refractivity contribution >= 4 is 38.7 Å². The number of hydrogen-bond donors (Lipinski definition) is 1. The van der Waals surface area contributed by atoms with Crippen molar-refractivity contribution in [1.82, 2.24) is 24.4 Å². The zero-order chi connectivity index (χ0) is 20.7. The second kappa shape index (κ2) is 8.07. The van der Waals surface area contributed by atoms with Crippen molar-refractivity contribution in [2.75, 3.05) is 18.9 Å². The molecule has 1 aliphatic carbocycles. The van der Waals surface area contributed by atoms with Crippen LogP contribution in [0.1, 0.15) is 56.2 Å². The van der Waals surface area contributed by atoms with E-state index in [1.54, 1.807) is 12.3 Å². The van der Waals surface area contributed by atoms with E-state index < -0.39 is 0 Å². The van der Waals surface area contributed by atoms with Crippen molar-refractivity contribution in [1.29, 1.82) is 0 Å². The van der Waals surface area contributed by atoms with Gasteiger partial charge in [-0.1, -0.05) is 18.9 Å². The van der Waals surface area contributed by atoms with Gasteiger partial charge in [0.15, 0.2) is 0 Å². The van der Waals surface area contributed by atoms with E-state index in [-0.39, 0.29) is 11.6 Å². The summed E-state index contributed by atoms with van der Waals surface area (Å²) < 4.78 is 2.39. The Morgan fingerprint density at radius 1 is 1.10 bits per heavy atom. The van der Waals surface area contributed by atoms with Gasteiger partial charge in [0, 0.05) is 29.9 Å². The maximum Gasteiger partial charge on any atom is 0.266 e. The standard InChI is InChI=1S/C22H25BrN6O/c1-28-10-4-7-18(28)14-8-9-19(24-12-14)26-22-25-13-15-11-17(23)21(30)29(20(15)27-22)16-5-2-3-6-16/h8-9,11-13,16,18H,2-7,10H2,1H3,(H,24,25,26,27)/t18-/m1/s1. The van der Waals surface area contributed by atoms with Gasteiger partial charge in [-0.3, -0.25) is 14.3 Å². The number of anilines is 2. The Kier molecular flexibility index (Phi) is 5.28. The van der Waals surface area contributed by atoms with Crippen molar-refractivity contribution in [2.45, 2.75) is 50.6 Å². The molecule has 1 saturated heterocycles. The number of halogens is 1. The minimum atomic E-state index is -0.0257. The fourth-order valence-electron chi connectivity index (χ4n) is 4.77. The van der Waals surface area contributed by atoms with Crippen LogP contribution in [0.2, 0.25) is 0 Å². The Balaban J connectivity index is 1.45. The predicted octanol–water partition coefficient (Wildman–Crippen LogP) is 4.57. The molecule has 0 spiro atoms. The Morgan fingerprint density at radius 2 is 1.93 bits per heavy atom. The monoisotopic (exact) mass is 468 g/mol. The van der Waals surface area contributed by atoms with E-state index in [0.717, 1.165) is 37.6 Å². The van der Waals surface area contributed by atoms with Crippen LogP contribution in [0.3, 0.4) is 0 Å². The minimum Gasteiger partial charge on any atom is -0.309 e. The lowest BCUT2D eigenvalue weighted by atomic mass is 10.1. The maximum absolute atomic E-state index is 12.8. The molecule has 3 aromatic heterocycles. The number of aromatic nitrogens is 4. The second-order valence-corrected chi connectivity index (χ2v) is 9.17. The Bertz CT molecular complexity index is 1120. The molecule has 0 bridgehead atoms. The lowest BCUT2D eigenvalue weighted by Crippen LogP contribution is -2.25. The first kappa shape index (κ1) is 19.6. The first-order valence-corrected chi connectivity index (χ1v) is 11.4. The summed E-state index contributed by atoms with van der Waals surface area (Å²) in [7, 11) is 2.16. The molecule has 4 heterocycles. The minimum absolute atomic E-state index is 0.0257. The van der Waals surface area contributed by atoms with E-state index in [0.29, 0.717) is 27.9 Å². The smallest absolute Gasteiger partial charge is 0.266 e. The van der Waals surface area contributed by atoms with Crippen LogP contribution in [0.4, 0.5) is 11.8 Å². The van der Waals surface area contributed by atoms with Crippen LogP contribution in [0.25, 0.3) is 11.0 Å². The van der Waals surface area contributed by atoms with Gasteiger partial charge in [-0.2, -0.15) is 4.98 Å². The molecule has 156 valence electrons. The largest absolute Gasteiger partial charge is 0.309 e. The zero-order valence-electron chi connectivity index (χ0n) is 17.0. The Hall–Kier alpha value is -2.32. The molecule has 1 N–H and O–H groups in total. The molecule has 0 amide bonds. The van der Waals surface area contributed by atoms with E-state index in [9.17, 15) is 4.79 Å². The molecule has 30 heavy (non-hydrogen) atoms. The van der Waals surface area contributed by atoms with Gasteiger partial charge in [0.1, 0.15) is 11.5 Å². The summed E-state index contributed by atoms with van der Waals surface area (Å²) in [6.07, 6.45) is 10.4. The number of nitrogens with zero attached hydrogens (tertiary/aromatic N) is 5. The number of fused-ring (bicyclic) bond motifs is 1. The summed E-state index contributed by atoms with van der Waals surface area (Å²) in [6.45, 7) is 1.13. The average Bonchev–Trinajstić information content (AvgIpc) is 3.42. The van der Waals surface area contributed by atoms with Gasteiger partial charge in [-0.15, -0.1) is 0 Å². The molecule has 5 rings (SSSR count). The van der Waals surface area contributed by atoms with Crippen LogP contribution >= 0.6 is 15.9 Å². The summed E-state index contributed by atoms with van der Waals surface area (Å²) in [5, 5.41) is 4.06.